The van der Waals surface area contributed by atoms with Gasteiger partial charge in [0.2, 0.25) is 10.0 Å². The molecule has 2 aliphatic rings. The van der Waals surface area contributed by atoms with Gasteiger partial charge in [-0.3, -0.25) is 10.00 Å². The molecule has 0 unspecified atom stereocenters. The first-order chi connectivity index (χ1) is 17.9. The Hall–Kier alpha value is -3.03. The maximum absolute atomic E-state index is 12.1. The van der Waals surface area contributed by atoms with Crippen molar-refractivity contribution in [3.05, 3.63) is 64.3 Å². The van der Waals surface area contributed by atoms with Gasteiger partial charge >= 0.3 is 0 Å². The lowest BCUT2D eigenvalue weighted by Gasteiger charge is -2.32. The number of aromatic nitrogens is 2. The molecule has 5 rings (SSSR count). The topological polar surface area (TPSA) is 120 Å². The Bertz CT molecular complexity index is 1430. The third kappa shape index (κ3) is 5.48. The number of piperazine rings is 1. The molecule has 10 nitrogen and oxygen atoms in total. The van der Waals surface area contributed by atoms with Crippen molar-refractivity contribution in [2.24, 2.45) is 4.99 Å². The summed E-state index contributed by atoms with van der Waals surface area (Å²) in [4.78, 5) is 11.5. The smallest absolute Gasteiger partial charge is 0.235 e. The molecule has 3 N–H and O–H groups in total. The molecule has 0 atom stereocenters. The van der Waals surface area contributed by atoms with Crippen molar-refractivity contribution >= 4 is 49.5 Å². The number of morpholine rings is 1. The van der Waals surface area contributed by atoms with E-state index in [0.29, 0.717) is 70.4 Å². The fourth-order valence-corrected chi connectivity index (χ4v) is 6.65. The molecule has 3 aromatic rings. The molecule has 37 heavy (non-hydrogen) atoms. The third-order valence-corrected chi connectivity index (χ3v) is 9.28. The van der Waals surface area contributed by atoms with Crippen molar-refractivity contribution in [1.82, 2.24) is 24.3 Å². The summed E-state index contributed by atoms with van der Waals surface area (Å²) < 4.78 is 31.2. The number of nitrogens with one attached hydrogen (secondary N) is 1. The predicted octanol–water partition coefficient (Wildman–Crippen LogP) is 2.55. The highest BCUT2D eigenvalue weighted by Gasteiger charge is 2.26. The van der Waals surface area contributed by atoms with Gasteiger partial charge in [-0.05, 0) is 12.1 Å². The average Bonchev–Trinajstić information content (AvgIpc) is 3.54. The van der Waals surface area contributed by atoms with Gasteiger partial charge in [-0.25, -0.2) is 13.4 Å². The number of thiophene rings is 1. The van der Waals surface area contributed by atoms with E-state index in [-0.39, 0.29) is 0 Å². The van der Waals surface area contributed by atoms with Gasteiger partial charge in [0.1, 0.15) is 5.84 Å². The highest BCUT2D eigenvalue weighted by molar-refractivity contribution is 7.92. The zero-order chi connectivity index (χ0) is 26.0. The Kier molecular flexibility index (Phi) is 7.45. The zero-order valence-electron chi connectivity index (χ0n) is 20.6. The molecule has 0 spiro atoms. The Morgan fingerprint density at radius 3 is 2.70 bits per heavy atom. The number of nitrogens with zero attached hydrogens (tertiary/aromatic N) is 5. The van der Waals surface area contributed by atoms with Crippen molar-refractivity contribution in [3.63, 3.8) is 0 Å². The Labute approximate surface area is 220 Å². The molecular formula is C25H31N7O3S2. The number of aliphatic imine (C=N–C) groups is 1. The molecule has 0 saturated carbocycles. The molecule has 2 aromatic heterocycles. The van der Waals surface area contributed by atoms with Crippen molar-refractivity contribution in [3.8, 4) is 0 Å². The number of benzene rings is 1. The highest BCUT2D eigenvalue weighted by atomic mass is 32.2. The fraction of sp³-hybridized carbons (Fsp3) is 0.360. The molecule has 0 amide bonds. The highest BCUT2D eigenvalue weighted by Crippen LogP contribution is 2.31. The van der Waals surface area contributed by atoms with Crippen LogP contribution in [0.1, 0.15) is 15.3 Å². The number of hydrogen-bond acceptors (Lipinski definition) is 8. The first-order valence-corrected chi connectivity index (χ1v) is 14.4. The normalized spacial score (nSPS) is 18.4. The summed E-state index contributed by atoms with van der Waals surface area (Å²) in [5, 5.41) is 9.14. The summed E-state index contributed by atoms with van der Waals surface area (Å²) in [7, 11) is -3.38. The van der Waals surface area contributed by atoms with Crippen LogP contribution in [0.3, 0.4) is 0 Å². The number of H-pyrrole nitrogens is 1. The lowest BCUT2D eigenvalue weighted by Crippen LogP contribution is -2.47. The van der Waals surface area contributed by atoms with Gasteiger partial charge < -0.3 is 15.4 Å². The van der Waals surface area contributed by atoms with Gasteiger partial charge in [0, 0.05) is 67.0 Å². The third-order valence-electron chi connectivity index (χ3n) is 6.64. The van der Waals surface area contributed by atoms with Crippen molar-refractivity contribution in [2.75, 3.05) is 58.2 Å². The minimum absolute atomic E-state index is 0.446. The van der Waals surface area contributed by atoms with Crippen LogP contribution in [-0.2, 0) is 21.3 Å². The molecule has 12 heteroatoms. The van der Waals surface area contributed by atoms with E-state index in [9.17, 15) is 8.42 Å². The number of amidine groups is 1. The average molecular weight is 542 g/mol. The van der Waals surface area contributed by atoms with Crippen LogP contribution in [0.15, 0.2) is 54.0 Å². The minimum atomic E-state index is -3.38. The second kappa shape index (κ2) is 10.8. The van der Waals surface area contributed by atoms with Gasteiger partial charge in [-0.1, -0.05) is 25.3 Å². The number of ether oxygens (including phenoxy) is 1. The maximum atomic E-state index is 12.1. The molecule has 0 radical (unpaired) electrons. The second-order valence-electron chi connectivity index (χ2n) is 9.00. The van der Waals surface area contributed by atoms with Crippen LogP contribution in [0.2, 0.25) is 0 Å². The lowest BCUT2D eigenvalue weighted by atomic mass is 10.1. The number of aromatic amines is 1. The van der Waals surface area contributed by atoms with Crippen LogP contribution in [0, 0.1) is 0 Å². The number of fused-ring (bicyclic) bond motifs is 1. The van der Waals surface area contributed by atoms with Crippen molar-refractivity contribution in [2.45, 2.75) is 6.54 Å². The molecule has 0 bridgehead atoms. The Balaban J connectivity index is 1.39. The fourth-order valence-electron chi connectivity index (χ4n) is 4.63. The number of nitrogen functional groups attached to an aromatic ring is 1. The summed E-state index contributed by atoms with van der Waals surface area (Å²) in [6, 6.07) is 7.93. The summed E-state index contributed by atoms with van der Waals surface area (Å²) in [5.41, 5.74) is 9.71. The van der Waals surface area contributed by atoms with Crippen LogP contribution in [-0.4, -0.2) is 91.0 Å². The van der Waals surface area contributed by atoms with Crippen LogP contribution >= 0.6 is 11.3 Å². The van der Waals surface area contributed by atoms with E-state index in [0.717, 1.165) is 37.5 Å². The van der Waals surface area contributed by atoms with Crippen LogP contribution < -0.4 is 5.73 Å². The zero-order valence-corrected chi connectivity index (χ0v) is 22.2. The van der Waals surface area contributed by atoms with Gasteiger partial charge in [0.05, 0.1) is 41.2 Å². The number of sulfonamides is 1. The van der Waals surface area contributed by atoms with E-state index in [1.807, 2.05) is 24.3 Å². The monoisotopic (exact) mass is 541 g/mol. The van der Waals surface area contributed by atoms with Gasteiger partial charge in [0.25, 0.3) is 0 Å². The molecule has 196 valence electrons. The number of hydrogen-bond donors (Lipinski definition) is 2. The maximum Gasteiger partial charge on any atom is 0.235 e. The van der Waals surface area contributed by atoms with E-state index < -0.39 is 10.0 Å². The lowest BCUT2D eigenvalue weighted by molar-refractivity contribution is 0.0684. The van der Waals surface area contributed by atoms with Crippen LogP contribution in [0.4, 0.5) is 5.69 Å². The molecule has 4 heterocycles. The van der Waals surface area contributed by atoms with Crippen molar-refractivity contribution in [1.29, 1.82) is 0 Å². The number of anilines is 1. The minimum Gasteiger partial charge on any atom is -0.397 e. The number of nitrogens with two attached hydrogens (primary N) is 1. The molecule has 2 aliphatic heterocycles. The van der Waals surface area contributed by atoms with Crippen LogP contribution in [0.5, 0.6) is 0 Å². The van der Waals surface area contributed by atoms with Gasteiger partial charge in [-0.2, -0.15) is 9.40 Å². The number of rotatable bonds is 7. The van der Waals surface area contributed by atoms with E-state index in [1.165, 1.54) is 4.31 Å². The summed E-state index contributed by atoms with van der Waals surface area (Å²) >= 11 is 1.62. The summed E-state index contributed by atoms with van der Waals surface area (Å²) in [6.07, 6.45) is 1.79. The first-order valence-electron chi connectivity index (χ1n) is 12.1. The Morgan fingerprint density at radius 1 is 1.22 bits per heavy atom. The predicted molar refractivity (Wildman–Crippen MR) is 149 cm³/mol. The SMILES string of the molecule is C=CS(=O)(=O)N1CCN(Cc2cc(N)c(/C(=N\C(=C)c3cccc4[nH]ncc34)N3CCOCC3)s2)CC1. The van der Waals surface area contributed by atoms with E-state index >= 15 is 0 Å². The second-order valence-corrected chi connectivity index (χ2v) is 12.0. The van der Waals surface area contributed by atoms with Crippen LogP contribution in [0.25, 0.3) is 16.6 Å². The van der Waals surface area contributed by atoms with Crippen molar-refractivity contribution < 1.29 is 13.2 Å². The molecule has 1 aromatic carbocycles. The van der Waals surface area contributed by atoms with Gasteiger partial charge in [0.15, 0.2) is 0 Å². The standard InChI is InChI=1S/C25H31N7O3S2/c1-3-37(33,34)32-9-7-30(8-10-32)17-19-15-22(26)24(36-19)25(31-11-13-35-14-12-31)28-18(2)20-5-4-6-23-21(20)16-27-29-23/h3-6,15-16H,1-2,7-14,17,26H2,(H,27,29)/b28-25+. The van der Waals surface area contributed by atoms with E-state index in [4.69, 9.17) is 15.5 Å². The molecule has 0 aliphatic carbocycles. The quantitative estimate of drug-likeness (QED) is 0.348. The summed E-state index contributed by atoms with van der Waals surface area (Å²) in [6.45, 7) is 13.3. The van der Waals surface area contributed by atoms with Gasteiger partial charge in [-0.15, -0.1) is 11.3 Å². The summed E-state index contributed by atoms with van der Waals surface area (Å²) in [5.74, 6) is 0.796. The largest absolute Gasteiger partial charge is 0.397 e. The van der Waals surface area contributed by atoms with E-state index in [1.54, 1.807) is 17.5 Å². The first kappa shape index (κ1) is 25.6. The molecular weight excluding hydrogens is 510 g/mol. The molecule has 2 fully saturated rings. The van der Waals surface area contributed by atoms with E-state index in [2.05, 4.69) is 33.2 Å². The Morgan fingerprint density at radius 2 is 1.97 bits per heavy atom. The molecule has 2 saturated heterocycles.